The van der Waals surface area contributed by atoms with Gasteiger partial charge in [-0.05, 0) is 61.5 Å². The summed E-state index contributed by atoms with van der Waals surface area (Å²) >= 11 is 0. The molecule has 0 saturated heterocycles. The quantitative estimate of drug-likeness (QED) is 0.466. The number of carbonyl (C=O) groups excluding carboxylic acids is 1. The van der Waals surface area contributed by atoms with Gasteiger partial charge in [0.1, 0.15) is 12.3 Å². The summed E-state index contributed by atoms with van der Waals surface area (Å²) in [6, 6.07) is 18.9. The average Bonchev–Trinajstić information content (AvgIpc) is 2.82. The Hall–Kier alpha value is -3.57. The number of hydrogen-bond acceptors (Lipinski definition) is 6. The summed E-state index contributed by atoms with van der Waals surface area (Å²) in [6.07, 6.45) is 1.07. The van der Waals surface area contributed by atoms with E-state index in [0.29, 0.717) is 22.8 Å². The molecule has 0 aliphatic carbocycles. The van der Waals surface area contributed by atoms with E-state index in [4.69, 9.17) is 4.74 Å². The van der Waals surface area contributed by atoms with E-state index >= 15 is 0 Å². The van der Waals surface area contributed by atoms with E-state index in [1.807, 2.05) is 6.92 Å². The van der Waals surface area contributed by atoms with Crippen molar-refractivity contribution in [3.05, 3.63) is 78.4 Å². The van der Waals surface area contributed by atoms with E-state index in [1.54, 1.807) is 42.5 Å². The Morgan fingerprint density at radius 1 is 0.914 bits per heavy atom. The zero-order valence-electron chi connectivity index (χ0n) is 19.8. The summed E-state index contributed by atoms with van der Waals surface area (Å²) in [6.45, 7) is 1.38. The molecule has 11 heteroatoms. The fraction of sp³-hybridized carbons (Fsp3) is 0.208. The number of benzene rings is 3. The van der Waals surface area contributed by atoms with Crippen LogP contribution < -0.4 is 18.7 Å². The molecule has 0 bridgehead atoms. The van der Waals surface area contributed by atoms with Gasteiger partial charge in [0, 0.05) is 12.7 Å². The molecule has 0 unspecified atom stereocenters. The van der Waals surface area contributed by atoms with Gasteiger partial charge in [0.25, 0.3) is 10.0 Å². The lowest BCUT2D eigenvalue weighted by Gasteiger charge is -2.24. The second-order valence-electron chi connectivity index (χ2n) is 7.85. The first-order chi connectivity index (χ1) is 16.4. The van der Waals surface area contributed by atoms with E-state index in [-0.39, 0.29) is 4.90 Å². The number of anilines is 3. The number of nitrogens with one attached hydrogen (secondary N) is 1. The maximum absolute atomic E-state index is 13.5. The Labute approximate surface area is 206 Å². The summed E-state index contributed by atoms with van der Waals surface area (Å²) < 4.78 is 57.9. The Kier molecular flexibility index (Phi) is 7.71. The second-order valence-corrected chi connectivity index (χ2v) is 11.7. The van der Waals surface area contributed by atoms with E-state index < -0.39 is 32.5 Å². The third-order valence-electron chi connectivity index (χ3n) is 5.25. The van der Waals surface area contributed by atoms with Crippen molar-refractivity contribution in [1.82, 2.24) is 0 Å². The lowest BCUT2D eigenvalue weighted by Crippen LogP contribution is -2.38. The molecule has 0 heterocycles. The van der Waals surface area contributed by atoms with Crippen LogP contribution in [0.1, 0.15) is 5.56 Å². The first-order valence-electron chi connectivity index (χ1n) is 10.5. The van der Waals surface area contributed by atoms with Gasteiger partial charge in [-0.1, -0.05) is 23.8 Å². The summed E-state index contributed by atoms with van der Waals surface area (Å²) in [7, 11) is -4.70. The zero-order valence-corrected chi connectivity index (χ0v) is 21.4. The molecule has 186 valence electrons. The molecular formula is C24H27N3O6S2. The normalized spacial score (nSPS) is 11.5. The number of methoxy groups -OCH3 is 1. The van der Waals surface area contributed by atoms with Crippen LogP contribution in [0.25, 0.3) is 0 Å². The SMILES string of the molecule is COc1ccc(S(=O)(=O)N(CC(=O)Nc2cccc(N(C)S(C)(=O)=O)c2)c2ccc(C)cc2)cc1. The molecule has 0 aliphatic heterocycles. The van der Waals surface area contributed by atoms with Gasteiger partial charge >= 0.3 is 0 Å². The van der Waals surface area contributed by atoms with Crippen molar-refractivity contribution in [3.8, 4) is 5.75 Å². The van der Waals surface area contributed by atoms with Gasteiger partial charge in [-0.25, -0.2) is 16.8 Å². The van der Waals surface area contributed by atoms with Crippen LogP contribution >= 0.6 is 0 Å². The summed E-state index contributed by atoms with van der Waals surface area (Å²) in [4.78, 5) is 13.0. The number of amides is 1. The first-order valence-corrected chi connectivity index (χ1v) is 13.8. The van der Waals surface area contributed by atoms with Crippen LogP contribution in [0.2, 0.25) is 0 Å². The number of nitrogens with zero attached hydrogens (tertiary/aromatic N) is 2. The minimum absolute atomic E-state index is 0.00319. The molecule has 3 aromatic carbocycles. The first kappa shape index (κ1) is 26.0. The zero-order chi connectivity index (χ0) is 25.8. The van der Waals surface area contributed by atoms with Crippen molar-refractivity contribution in [2.75, 3.05) is 40.9 Å². The van der Waals surface area contributed by atoms with Crippen molar-refractivity contribution in [2.24, 2.45) is 0 Å². The van der Waals surface area contributed by atoms with Gasteiger partial charge in [0.15, 0.2) is 0 Å². The Balaban J connectivity index is 1.91. The van der Waals surface area contributed by atoms with E-state index in [0.717, 1.165) is 20.4 Å². The molecule has 35 heavy (non-hydrogen) atoms. The third kappa shape index (κ3) is 6.31. The molecule has 0 radical (unpaired) electrons. The largest absolute Gasteiger partial charge is 0.497 e. The van der Waals surface area contributed by atoms with E-state index in [9.17, 15) is 21.6 Å². The minimum Gasteiger partial charge on any atom is -0.497 e. The molecule has 0 saturated carbocycles. The highest BCUT2D eigenvalue weighted by Gasteiger charge is 2.27. The van der Waals surface area contributed by atoms with Crippen LogP contribution in [0.3, 0.4) is 0 Å². The van der Waals surface area contributed by atoms with Crippen molar-refractivity contribution in [2.45, 2.75) is 11.8 Å². The highest BCUT2D eigenvalue weighted by atomic mass is 32.2. The van der Waals surface area contributed by atoms with Gasteiger partial charge < -0.3 is 10.1 Å². The molecule has 0 spiro atoms. The Bertz CT molecular complexity index is 1400. The Morgan fingerprint density at radius 3 is 2.11 bits per heavy atom. The third-order valence-corrected chi connectivity index (χ3v) is 8.24. The number of sulfonamides is 2. The van der Waals surface area contributed by atoms with Crippen LogP contribution in [0.5, 0.6) is 5.75 Å². The maximum Gasteiger partial charge on any atom is 0.264 e. The van der Waals surface area contributed by atoms with Gasteiger partial charge in [0.2, 0.25) is 15.9 Å². The molecule has 3 aromatic rings. The lowest BCUT2D eigenvalue weighted by atomic mass is 10.2. The molecule has 1 N–H and O–H groups in total. The van der Waals surface area contributed by atoms with Crippen LogP contribution in [0.15, 0.2) is 77.7 Å². The summed E-state index contributed by atoms with van der Waals surface area (Å²) in [5.41, 5.74) is 1.94. The standard InChI is InChI=1S/C24H27N3O6S2/c1-18-8-10-20(11-9-18)27(35(31,32)23-14-12-22(33-3)13-15-23)17-24(28)25-19-6-5-7-21(16-19)26(2)34(4,29)30/h5-16H,17H2,1-4H3,(H,25,28). The molecule has 0 aliphatic rings. The Morgan fingerprint density at radius 2 is 1.54 bits per heavy atom. The molecule has 0 fully saturated rings. The number of rotatable bonds is 9. The van der Waals surface area contributed by atoms with Gasteiger partial charge in [0.05, 0.1) is 29.6 Å². The van der Waals surface area contributed by atoms with Crippen LogP contribution in [-0.4, -0.2) is 49.7 Å². The second kappa shape index (κ2) is 10.4. The fourth-order valence-corrected chi connectivity index (χ4v) is 5.12. The van der Waals surface area contributed by atoms with Crippen LogP contribution in [-0.2, 0) is 24.8 Å². The number of carbonyl (C=O) groups is 1. The van der Waals surface area contributed by atoms with Crippen LogP contribution in [0.4, 0.5) is 17.1 Å². The van der Waals surface area contributed by atoms with E-state index in [1.165, 1.54) is 44.5 Å². The molecule has 0 aromatic heterocycles. The van der Waals surface area contributed by atoms with Gasteiger partial charge in [-0.3, -0.25) is 13.4 Å². The van der Waals surface area contributed by atoms with Gasteiger partial charge in [-0.15, -0.1) is 0 Å². The minimum atomic E-state index is -4.09. The maximum atomic E-state index is 13.5. The average molecular weight is 518 g/mol. The van der Waals surface area contributed by atoms with Crippen LogP contribution in [0, 0.1) is 6.92 Å². The summed E-state index contributed by atoms with van der Waals surface area (Å²) in [5, 5.41) is 2.66. The smallest absolute Gasteiger partial charge is 0.264 e. The highest BCUT2D eigenvalue weighted by Crippen LogP contribution is 2.26. The van der Waals surface area contributed by atoms with Crippen molar-refractivity contribution in [3.63, 3.8) is 0 Å². The lowest BCUT2D eigenvalue weighted by molar-refractivity contribution is -0.114. The monoisotopic (exact) mass is 517 g/mol. The molecule has 3 rings (SSSR count). The number of ether oxygens (including phenoxy) is 1. The topological polar surface area (TPSA) is 113 Å². The fourth-order valence-electron chi connectivity index (χ4n) is 3.20. The number of hydrogen-bond donors (Lipinski definition) is 1. The molecule has 9 nitrogen and oxygen atoms in total. The number of aryl methyl sites for hydroxylation is 1. The van der Waals surface area contributed by atoms with E-state index in [2.05, 4.69) is 5.32 Å². The molecule has 1 amide bonds. The van der Waals surface area contributed by atoms with Crippen molar-refractivity contribution >= 4 is 43.0 Å². The predicted molar refractivity (Wildman–Crippen MR) is 137 cm³/mol. The van der Waals surface area contributed by atoms with Crippen molar-refractivity contribution in [1.29, 1.82) is 0 Å². The molecule has 0 atom stereocenters. The summed E-state index contributed by atoms with van der Waals surface area (Å²) in [5.74, 6) is -0.0932. The van der Waals surface area contributed by atoms with Gasteiger partial charge in [-0.2, -0.15) is 0 Å². The highest BCUT2D eigenvalue weighted by molar-refractivity contribution is 7.93. The van der Waals surface area contributed by atoms with Crippen molar-refractivity contribution < 1.29 is 26.4 Å². The molecular weight excluding hydrogens is 490 g/mol. The predicted octanol–water partition coefficient (Wildman–Crippen LogP) is 3.23.